The molecule has 5 heteroatoms. The van der Waals surface area contributed by atoms with Gasteiger partial charge in [0.05, 0.1) is 22.8 Å². The smallest absolute Gasteiger partial charge is 0.124 e. The van der Waals surface area contributed by atoms with E-state index in [2.05, 4.69) is 107 Å². The molecule has 1 aromatic heterocycles. The van der Waals surface area contributed by atoms with Gasteiger partial charge in [0.2, 0.25) is 0 Å². The Morgan fingerprint density at radius 2 is 1.34 bits per heavy atom. The van der Waals surface area contributed by atoms with E-state index in [1.165, 1.54) is 32.8 Å². The summed E-state index contributed by atoms with van der Waals surface area (Å²) in [5, 5.41) is 4.78. The van der Waals surface area contributed by atoms with Crippen LogP contribution in [0.3, 0.4) is 0 Å². The van der Waals surface area contributed by atoms with Crippen molar-refractivity contribution in [2.45, 2.75) is 60.0 Å². The van der Waals surface area contributed by atoms with Crippen molar-refractivity contribution < 1.29 is 0 Å². The monoisotopic (exact) mass is 503 g/mol. The summed E-state index contributed by atoms with van der Waals surface area (Å²) in [6, 6.07) is 21.8. The molecule has 0 bridgehead atoms. The lowest BCUT2D eigenvalue weighted by Gasteiger charge is -2.27. The van der Waals surface area contributed by atoms with Gasteiger partial charge in [-0.3, -0.25) is 4.99 Å². The van der Waals surface area contributed by atoms with Gasteiger partial charge in [-0.2, -0.15) is 0 Å². The van der Waals surface area contributed by atoms with Crippen molar-refractivity contribution in [1.29, 1.82) is 0 Å². The van der Waals surface area contributed by atoms with E-state index in [4.69, 9.17) is 21.4 Å². The number of rotatable bonds is 3. The lowest BCUT2D eigenvalue weighted by Crippen LogP contribution is -2.42. The van der Waals surface area contributed by atoms with E-state index < -0.39 is 0 Å². The molecule has 1 aliphatic heterocycles. The van der Waals surface area contributed by atoms with Crippen LogP contribution >= 0.6 is 0 Å². The van der Waals surface area contributed by atoms with Crippen molar-refractivity contribution in [3.8, 4) is 11.1 Å². The molecule has 194 valence electrons. The minimum Gasteiger partial charge on any atom is -0.341 e. The highest BCUT2D eigenvalue weighted by molar-refractivity contribution is 6.07. The topological polar surface area (TPSA) is 93.1 Å². The van der Waals surface area contributed by atoms with Gasteiger partial charge in [-0.15, -0.1) is 0 Å². The summed E-state index contributed by atoms with van der Waals surface area (Å²) in [7, 11) is 0. The highest BCUT2D eigenvalue weighted by atomic mass is 15.0. The van der Waals surface area contributed by atoms with E-state index >= 15 is 0 Å². The molecule has 5 N–H and O–H groups in total. The molecule has 0 saturated heterocycles. The average molecular weight is 504 g/mol. The van der Waals surface area contributed by atoms with Crippen LogP contribution in [-0.2, 0) is 6.42 Å². The van der Waals surface area contributed by atoms with Gasteiger partial charge in [0.1, 0.15) is 5.82 Å². The molecular weight excluding hydrogens is 466 g/mol. The van der Waals surface area contributed by atoms with Crippen LogP contribution in [0.15, 0.2) is 65.7 Å². The standard InChI is InChI=1S/C33H37N5/c1-32(2,3)29(34)27-17-24-22-11-7-18(15-20(22)9-13-25(24)36-27)19-8-12-23-21(16-19)10-14-26-28(23)38-31(37-26)30(35)33(4,5)6/h7-16,29-30H,17,34-35H2,1-6H3,(H,37,38)/t29-,30-/m1/s1. The fraction of sp³-hybridized carbons (Fsp3) is 0.333. The molecule has 0 unspecified atom stereocenters. The van der Waals surface area contributed by atoms with Crippen molar-refractivity contribution in [3.05, 3.63) is 72.1 Å². The highest BCUT2D eigenvalue weighted by Gasteiger charge is 2.30. The Bertz CT molecular complexity index is 1740. The number of aromatic amines is 1. The number of nitrogens with one attached hydrogen (secondary N) is 1. The lowest BCUT2D eigenvalue weighted by molar-refractivity contribution is 0.317. The van der Waals surface area contributed by atoms with E-state index in [9.17, 15) is 0 Å². The predicted molar refractivity (Wildman–Crippen MR) is 161 cm³/mol. The zero-order valence-corrected chi connectivity index (χ0v) is 23.2. The average Bonchev–Trinajstić information content (AvgIpc) is 3.50. The molecule has 38 heavy (non-hydrogen) atoms. The van der Waals surface area contributed by atoms with E-state index in [1.54, 1.807) is 0 Å². The summed E-state index contributed by atoms with van der Waals surface area (Å²) in [6.45, 7) is 12.9. The van der Waals surface area contributed by atoms with Crippen LogP contribution in [0.25, 0.3) is 43.7 Å². The number of fused-ring (bicyclic) bond motifs is 6. The molecule has 0 amide bonds. The minimum absolute atomic E-state index is 0.0123. The number of hydrogen-bond donors (Lipinski definition) is 3. The normalized spacial score (nSPS) is 15.7. The first-order valence-electron chi connectivity index (χ1n) is 13.5. The SMILES string of the molecule is CC(C)(C)[C@H](N)C1=Nc2ccc3cc(-c4ccc5c(ccc6[nH]c([C@@H](N)C(C)(C)C)nc65)c4)ccc3c2C1. The largest absolute Gasteiger partial charge is 0.341 e. The molecule has 5 aromatic rings. The molecule has 2 heterocycles. The summed E-state index contributed by atoms with van der Waals surface area (Å²) in [6.07, 6.45) is 0.820. The fourth-order valence-corrected chi connectivity index (χ4v) is 5.47. The maximum atomic E-state index is 6.55. The Morgan fingerprint density at radius 1 is 0.737 bits per heavy atom. The Hall–Kier alpha value is -3.54. The van der Waals surface area contributed by atoms with Gasteiger partial charge in [-0.25, -0.2) is 4.98 Å². The molecule has 0 spiro atoms. The lowest BCUT2D eigenvalue weighted by atomic mass is 9.83. The second-order valence-electron chi connectivity index (χ2n) is 13.0. The van der Waals surface area contributed by atoms with E-state index in [0.717, 1.165) is 40.1 Å². The number of nitrogens with two attached hydrogens (primary N) is 2. The number of imidazole rings is 1. The van der Waals surface area contributed by atoms with Gasteiger partial charge >= 0.3 is 0 Å². The zero-order chi connectivity index (χ0) is 27.0. The van der Waals surface area contributed by atoms with E-state index in [-0.39, 0.29) is 22.9 Å². The van der Waals surface area contributed by atoms with Crippen LogP contribution in [0.2, 0.25) is 0 Å². The molecule has 0 radical (unpaired) electrons. The first kappa shape index (κ1) is 24.8. The van der Waals surface area contributed by atoms with E-state index in [1.807, 2.05) is 0 Å². The highest BCUT2D eigenvalue weighted by Crippen LogP contribution is 2.38. The van der Waals surface area contributed by atoms with Crippen molar-refractivity contribution in [2.75, 3.05) is 0 Å². The van der Waals surface area contributed by atoms with Crippen molar-refractivity contribution in [1.82, 2.24) is 9.97 Å². The molecular formula is C33H37N5. The quantitative estimate of drug-likeness (QED) is 0.237. The summed E-state index contributed by atoms with van der Waals surface area (Å²) in [4.78, 5) is 13.3. The minimum atomic E-state index is -0.158. The van der Waals surface area contributed by atoms with E-state index in [0.29, 0.717) is 0 Å². The Labute approximate surface area is 224 Å². The predicted octanol–water partition coefficient (Wildman–Crippen LogP) is 7.58. The summed E-state index contributed by atoms with van der Waals surface area (Å²) in [5.74, 6) is 0.835. The van der Waals surface area contributed by atoms with Crippen molar-refractivity contribution in [2.24, 2.45) is 27.3 Å². The molecule has 2 atom stereocenters. The molecule has 4 aromatic carbocycles. The summed E-state index contributed by atoms with van der Waals surface area (Å²) in [5.41, 5.74) is 20.8. The summed E-state index contributed by atoms with van der Waals surface area (Å²) < 4.78 is 0. The number of H-pyrrole nitrogens is 1. The maximum Gasteiger partial charge on any atom is 0.124 e. The summed E-state index contributed by atoms with van der Waals surface area (Å²) >= 11 is 0. The van der Waals surface area contributed by atoms with Gasteiger partial charge in [-0.1, -0.05) is 77.9 Å². The molecule has 0 fully saturated rings. The van der Waals surface area contributed by atoms with Crippen LogP contribution < -0.4 is 11.5 Å². The Kier molecular flexibility index (Phi) is 5.53. The van der Waals surface area contributed by atoms with Crippen molar-refractivity contribution >= 4 is 44.0 Å². The molecule has 5 nitrogen and oxygen atoms in total. The van der Waals surface area contributed by atoms with Crippen LogP contribution in [0.1, 0.15) is 59.0 Å². The number of hydrogen-bond acceptors (Lipinski definition) is 4. The molecule has 1 aliphatic rings. The van der Waals surface area contributed by atoms with Crippen LogP contribution in [0.5, 0.6) is 0 Å². The molecule has 0 saturated carbocycles. The zero-order valence-electron chi connectivity index (χ0n) is 23.2. The van der Waals surface area contributed by atoms with Gasteiger partial charge in [0, 0.05) is 23.6 Å². The van der Waals surface area contributed by atoms with Crippen molar-refractivity contribution in [3.63, 3.8) is 0 Å². The van der Waals surface area contributed by atoms with Crippen LogP contribution in [0.4, 0.5) is 5.69 Å². The van der Waals surface area contributed by atoms with Gasteiger partial charge in [0.15, 0.2) is 0 Å². The van der Waals surface area contributed by atoms with Crippen LogP contribution in [-0.4, -0.2) is 21.7 Å². The molecule has 0 aliphatic carbocycles. The second kappa shape index (κ2) is 8.48. The Balaban J connectivity index is 1.35. The maximum absolute atomic E-state index is 6.55. The van der Waals surface area contributed by atoms with Gasteiger partial charge < -0.3 is 16.5 Å². The number of aromatic nitrogens is 2. The third-order valence-corrected chi connectivity index (χ3v) is 8.07. The fourth-order valence-electron chi connectivity index (χ4n) is 5.47. The number of aliphatic imine (C=N–C) groups is 1. The number of benzene rings is 4. The first-order valence-corrected chi connectivity index (χ1v) is 13.5. The second-order valence-corrected chi connectivity index (χ2v) is 13.0. The number of nitrogens with zero attached hydrogens (tertiary/aromatic N) is 2. The van der Waals surface area contributed by atoms with Gasteiger partial charge in [0.25, 0.3) is 0 Å². The third-order valence-electron chi connectivity index (χ3n) is 8.07. The third kappa shape index (κ3) is 4.11. The first-order chi connectivity index (χ1) is 17.9. The molecule has 6 rings (SSSR count). The van der Waals surface area contributed by atoms with Crippen LogP contribution in [0, 0.1) is 10.8 Å². The van der Waals surface area contributed by atoms with Gasteiger partial charge in [-0.05, 0) is 67.9 Å². The Morgan fingerprint density at radius 3 is 2.00 bits per heavy atom.